The summed E-state index contributed by atoms with van der Waals surface area (Å²) in [5.74, 6) is -0.182. The van der Waals surface area contributed by atoms with Gasteiger partial charge < -0.3 is 5.11 Å². The summed E-state index contributed by atoms with van der Waals surface area (Å²) in [6.07, 6.45) is 1.42. The largest absolute Gasteiger partial charge is 0.507 e. The van der Waals surface area contributed by atoms with Crippen LogP contribution in [-0.2, 0) is 0 Å². The highest BCUT2D eigenvalue weighted by Crippen LogP contribution is 2.15. The molecule has 0 heterocycles. The van der Waals surface area contributed by atoms with Gasteiger partial charge in [0, 0.05) is 15.6 Å². The van der Waals surface area contributed by atoms with Crippen LogP contribution in [0.5, 0.6) is 5.75 Å². The highest BCUT2D eigenvalue weighted by atomic mass is 79.9. The lowest BCUT2D eigenvalue weighted by Crippen LogP contribution is -2.17. The quantitative estimate of drug-likeness (QED) is 0.669. The molecule has 102 valence electrons. The van der Waals surface area contributed by atoms with Crippen molar-refractivity contribution in [3.63, 3.8) is 0 Å². The first-order valence-corrected chi connectivity index (χ1v) is 6.74. The van der Waals surface area contributed by atoms with Gasteiger partial charge in [0.2, 0.25) is 0 Å². The predicted molar refractivity (Wildman–Crippen MR) is 82.0 cm³/mol. The summed E-state index contributed by atoms with van der Waals surface area (Å²) in [4.78, 5) is 11.8. The van der Waals surface area contributed by atoms with Crippen molar-refractivity contribution in [2.24, 2.45) is 5.10 Å². The molecule has 5 heteroatoms. The Morgan fingerprint density at radius 3 is 2.65 bits per heavy atom. The van der Waals surface area contributed by atoms with Gasteiger partial charge in [-0.2, -0.15) is 5.10 Å². The average Bonchev–Trinajstić information content (AvgIpc) is 2.43. The van der Waals surface area contributed by atoms with Crippen LogP contribution >= 0.6 is 15.9 Å². The number of carbonyl (C=O) groups is 1. The van der Waals surface area contributed by atoms with E-state index < -0.39 is 0 Å². The SMILES string of the molecule is Cc1ccc(O)c(C=NNC(=O)c2ccc(Br)cc2)c1. The van der Waals surface area contributed by atoms with Gasteiger partial charge in [-0.15, -0.1) is 0 Å². The van der Waals surface area contributed by atoms with Crippen molar-refractivity contribution in [1.82, 2.24) is 5.43 Å². The first kappa shape index (κ1) is 14.3. The molecule has 0 radical (unpaired) electrons. The summed E-state index contributed by atoms with van der Waals surface area (Å²) < 4.78 is 0.905. The van der Waals surface area contributed by atoms with E-state index in [-0.39, 0.29) is 11.7 Å². The molecule has 0 atom stereocenters. The van der Waals surface area contributed by atoms with Crippen molar-refractivity contribution < 1.29 is 9.90 Å². The zero-order valence-corrected chi connectivity index (χ0v) is 12.4. The van der Waals surface area contributed by atoms with Gasteiger partial charge in [0.15, 0.2) is 0 Å². The molecule has 20 heavy (non-hydrogen) atoms. The minimum Gasteiger partial charge on any atom is -0.507 e. The van der Waals surface area contributed by atoms with E-state index in [2.05, 4.69) is 26.5 Å². The van der Waals surface area contributed by atoms with Crippen LogP contribution in [0.4, 0.5) is 0 Å². The fraction of sp³-hybridized carbons (Fsp3) is 0.0667. The Morgan fingerprint density at radius 2 is 1.95 bits per heavy atom. The molecule has 1 amide bonds. The molecular weight excluding hydrogens is 320 g/mol. The predicted octanol–water partition coefficient (Wildman–Crippen LogP) is 3.23. The third-order valence-electron chi connectivity index (χ3n) is 2.66. The zero-order valence-electron chi connectivity index (χ0n) is 10.8. The van der Waals surface area contributed by atoms with E-state index in [0.29, 0.717) is 11.1 Å². The lowest BCUT2D eigenvalue weighted by atomic mass is 10.1. The van der Waals surface area contributed by atoms with E-state index in [9.17, 15) is 9.90 Å². The minimum atomic E-state index is -0.305. The van der Waals surface area contributed by atoms with Crippen LogP contribution in [0.3, 0.4) is 0 Å². The first-order valence-electron chi connectivity index (χ1n) is 5.95. The summed E-state index contributed by atoms with van der Waals surface area (Å²) >= 11 is 3.30. The molecule has 2 rings (SSSR count). The Labute approximate surface area is 125 Å². The lowest BCUT2D eigenvalue weighted by molar-refractivity contribution is 0.0955. The van der Waals surface area contributed by atoms with Crippen LogP contribution in [0.15, 0.2) is 52.0 Å². The number of nitrogens with one attached hydrogen (secondary N) is 1. The Balaban J connectivity index is 2.04. The summed E-state index contributed by atoms with van der Waals surface area (Å²) in [5.41, 5.74) is 4.49. The number of phenolic OH excluding ortho intramolecular Hbond substituents is 1. The van der Waals surface area contributed by atoms with E-state index >= 15 is 0 Å². The van der Waals surface area contributed by atoms with Crippen molar-refractivity contribution >= 4 is 28.1 Å². The maximum Gasteiger partial charge on any atom is 0.271 e. The molecule has 0 spiro atoms. The number of amides is 1. The van der Waals surface area contributed by atoms with Gasteiger partial charge in [0.1, 0.15) is 5.75 Å². The van der Waals surface area contributed by atoms with Gasteiger partial charge in [0.05, 0.1) is 6.21 Å². The summed E-state index contributed by atoms with van der Waals surface area (Å²) in [6.45, 7) is 1.91. The second-order valence-electron chi connectivity index (χ2n) is 4.27. The van der Waals surface area contributed by atoms with Crippen molar-refractivity contribution in [2.45, 2.75) is 6.92 Å². The van der Waals surface area contributed by atoms with Gasteiger partial charge in [-0.25, -0.2) is 5.43 Å². The van der Waals surface area contributed by atoms with Gasteiger partial charge in [0.25, 0.3) is 5.91 Å². The number of nitrogens with zero attached hydrogens (tertiary/aromatic N) is 1. The molecule has 0 aliphatic carbocycles. The number of benzene rings is 2. The smallest absolute Gasteiger partial charge is 0.271 e. The number of rotatable bonds is 3. The molecule has 0 aromatic heterocycles. The molecule has 4 nitrogen and oxygen atoms in total. The molecule has 0 bridgehead atoms. The monoisotopic (exact) mass is 332 g/mol. The molecule has 0 unspecified atom stereocenters. The fourth-order valence-corrected chi connectivity index (χ4v) is 1.87. The maximum absolute atomic E-state index is 11.8. The third-order valence-corrected chi connectivity index (χ3v) is 3.19. The van der Waals surface area contributed by atoms with Crippen molar-refractivity contribution in [1.29, 1.82) is 0 Å². The molecule has 0 saturated carbocycles. The number of aryl methyl sites for hydroxylation is 1. The Kier molecular flexibility index (Phi) is 4.53. The van der Waals surface area contributed by atoms with Crippen molar-refractivity contribution in [2.75, 3.05) is 0 Å². The first-order chi connectivity index (χ1) is 9.56. The van der Waals surface area contributed by atoms with Crippen LogP contribution in [0.2, 0.25) is 0 Å². The number of aromatic hydroxyl groups is 1. The number of hydrazone groups is 1. The van der Waals surface area contributed by atoms with E-state index in [1.165, 1.54) is 6.21 Å². The molecule has 0 aliphatic rings. The number of hydrogen-bond donors (Lipinski definition) is 2. The number of carbonyl (C=O) groups excluding carboxylic acids is 1. The van der Waals surface area contributed by atoms with E-state index in [0.717, 1.165) is 10.0 Å². The number of phenols is 1. The zero-order chi connectivity index (χ0) is 14.5. The number of halogens is 1. The second kappa shape index (κ2) is 6.34. The van der Waals surface area contributed by atoms with Crippen LogP contribution in [0.1, 0.15) is 21.5 Å². The highest BCUT2D eigenvalue weighted by molar-refractivity contribution is 9.10. The summed E-state index contributed by atoms with van der Waals surface area (Å²) in [7, 11) is 0. The van der Waals surface area contributed by atoms with Crippen molar-refractivity contribution in [3.05, 3.63) is 63.6 Å². The van der Waals surface area contributed by atoms with Gasteiger partial charge in [-0.3, -0.25) is 4.79 Å². The second-order valence-corrected chi connectivity index (χ2v) is 5.18. The molecular formula is C15H13BrN2O2. The number of hydrogen-bond acceptors (Lipinski definition) is 3. The van der Waals surface area contributed by atoms with Gasteiger partial charge in [-0.1, -0.05) is 27.6 Å². The Bertz CT molecular complexity index is 651. The molecule has 0 aliphatic heterocycles. The minimum absolute atomic E-state index is 0.122. The summed E-state index contributed by atoms with van der Waals surface area (Å²) in [6, 6.07) is 12.1. The van der Waals surface area contributed by atoms with E-state index in [4.69, 9.17) is 0 Å². The lowest BCUT2D eigenvalue weighted by Gasteiger charge is -2.01. The average molecular weight is 333 g/mol. The molecule has 2 aromatic carbocycles. The van der Waals surface area contributed by atoms with Crippen LogP contribution < -0.4 is 5.43 Å². The normalized spacial score (nSPS) is 10.7. The topological polar surface area (TPSA) is 61.7 Å². The van der Waals surface area contributed by atoms with E-state index in [1.807, 2.05) is 6.92 Å². The molecule has 0 fully saturated rings. The van der Waals surface area contributed by atoms with Crippen molar-refractivity contribution in [3.8, 4) is 5.75 Å². The molecule has 0 saturated heterocycles. The standard InChI is InChI=1S/C15H13BrN2O2/c1-10-2-7-14(19)12(8-10)9-17-18-15(20)11-3-5-13(16)6-4-11/h2-9,19H,1H3,(H,18,20). The Hall–Kier alpha value is -2.14. The molecule has 2 aromatic rings. The fourth-order valence-electron chi connectivity index (χ4n) is 1.60. The van der Waals surface area contributed by atoms with E-state index in [1.54, 1.807) is 42.5 Å². The molecule has 2 N–H and O–H groups in total. The van der Waals surface area contributed by atoms with Crippen LogP contribution in [0.25, 0.3) is 0 Å². The summed E-state index contributed by atoms with van der Waals surface area (Å²) in [5, 5.41) is 13.5. The maximum atomic E-state index is 11.8. The Morgan fingerprint density at radius 1 is 1.25 bits per heavy atom. The van der Waals surface area contributed by atoms with Crippen LogP contribution in [0, 0.1) is 6.92 Å². The van der Waals surface area contributed by atoms with Gasteiger partial charge in [-0.05, 0) is 43.3 Å². The third kappa shape index (κ3) is 3.68. The highest BCUT2D eigenvalue weighted by Gasteiger charge is 2.03. The van der Waals surface area contributed by atoms with Gasteiger partial charge >= 0.3 is 0 Å². The van der Waals surface area contributed by atoms with Crippen LogP contribution in [-0.4, -0.2) is 17.2 Å².